The lowest BCUT2D eigenvalue weighted by atomic mass is 9.94. The molecule has 1 aliphatic heterocycles. The summed E-state index contributed by atoms with van der Waals surface area (Å²) in [6.45, 7) is 3.78. The van der Waals surface area contributed by atoms with Gasteiger partial charge in [-0.3, -0.25) is 0 Å². The first-order chi connectivity index (χ1) is 9.28. The molecule has 0 saturated carbocycles. The van der Waals surface area contributed by atoms with E-state index >= 15 is 0 Å². The quantitative estimate of drug-likeness (QED) is 0.895. The summed E-state index contributed by atoms with van der Waals surface area (Å²) < 4.78 is 0. The molecule has 1 aromatic heterocycles. The molecule has 3 heteroatoms. The van der Waals surface area contributed by atoms with Gasteiger partial charge in [-0.05, 0) is 36.1 Å². The maximum atomic E-state index is 5.69. The van der Waals surface area contributed by atoms with Crippen LogP contribution < -0.4 is 10.6 Å². The number of benzene rings is 1. The normalized spacial score (nSPS) is 18.2. The summed E-state index contributed by atoms with van der Waals surface area (Å²) in [4.78, 5) is 6.96. The lowest BCUT2D eigenvalue weighted by Gasteiger charge is -2.34. The summed E-state index contributed by atoms with van der Waals surface area (Å²) in [6, 6.07) is 14.7. The fourth-order valence-electron chi connectivity index (χ4n) is 2.74. The van der Waals surface area contributed by atoms with Gasteiger partial charge in [-0.15, -0.1) is 0 Å². The number of hydrogen-bond acceptors (Lipinski definition) is 3. The molecule has 1 aliphatic rings. The van der Waals surface area contributed by atoms with Crippen molar-refractivity contribution in [2.45, 2.75) is 19.9 Å². The first-order valence-corrected chi connectivity index (χ1v) is 6.79. The highest BCUT2D eigenvalue weighted by Crippen LogP contribution is 2.34. The Hall–Kier alpha value is -1.87. The SMILES string of the molecule is CC1Cc2ccccc2N(c2cccc(CN)n2)C1. The first-order valence-electron chi connectivity index (χ1n) is 6.79. The van der Waals surface area contributed by atoms with Gasteiger partial charge in [0.2, 0.25) is 0 Å². The molecule has 2 heterocycles. The highest BCUT2D eigenvalue weighted by Gasteiger charge is 2.23. The molecule has 0 fully saturated rings. The van der Waals surface area contributed by atoms with Crippen LogP contribution in [0.15, 0.2) is 42.5 Å². The van der Waals surface area contributed by atoms with Crippen LogP contribution >= 0.6 is 0 Å². The van der Waals surface area contributed by atoms with Gasteiger partial charge in [-0.2, -0.15) is 0 Å². The van der Waals surface area contributed by atoms with E-state index in [0.717, 1.165) is 24.5 Å². The summed E-state index contributed by atoms with van der Waals surface area (Å²) in [6.07, 6.45) is 1.14. The van der Waals surface area contributed by atoms with Gasteiger partial charge in [0.05, 0.1) is 5.69 Å². The minimum atomic E-state index is 0.485. The Morgan fingerprint density at radius 1 is 1.21 bits per heavy atom. The predicted molar refractivity (Wildman–Crippen MR) is 78.4 cm³/mol. The van der Waals surface area contributed by atoms with Crippen LogP contribution in [0.5, 0.6) is 0 Å². The summed E-state index contributed by atoms with van der Waals surface area (Å²) in [5.41, 5.74) is 9.31. The summed E-state index contributed by atoms with van der Waals surface area (Å²) in [5.74, 6) is 1.64. The van der Waals surface area contributed by atoms with Gasteiger partial charge in [0.15, 0.2) is 0 Å². The lowest BCUT2D eigenvalue weighted by Crippen LogP contribution is -2.31. The number of nitrogens with zero attached hydrogens (tertiary/aromatic N) is 2. The van der Waals surface area contributed by atoms with Crippen molar-refractivity contribution >= 4 is 11.5 Å². The molecule has 98 valence electrons. The molecule has 0 amide bonds. The Bertz CT molecular complexity index is 580. The Labute approximate surface area is 114 Å². The zero-order chi connectivity index (χ0) is 13.2. The molecular weight excluding hydrogens is 234 g/mol. The maximum Gasteiger partial charge on any atom is 0.133 e. The monoisotopic (exact) mass is 253 g/mol. The van der Waals surface area contributed by atoms with E-state index in [4.69, 9.17) is 5.73 Å². The van der Waals surface area contributed by atoms with Gasteiger partial charge in [-0.25, -0.2) is 4.98 Å². The maximum absolute atomic E-state index is 5.69. The molecule has 0 saturated heterocycles. The highest BCUT2D eigenvalue weighted by molar-refractivity contribution is 5.65. The fraction of sp³-hybridized carbons (Fsp3) is 0.312. The van der Waals surface area contributed by atoms with Crippen molar-refractivity contribution < 1.29 is 0 Å². The van der Waals surface area contributed by atoms with Crippen LogP contribution in [0.4, 0.5) is 11.5 Å². The van der Waals surface area contributed by atoms with Gasteiger partial charge in [0, 0.05) is 18.8 Å². The van der Waals surface area contributed by atoms with Crippen molar-refractivity contribution in [2.75, 3.05) is 11.4 Å². The Morgan fingerprint density at radius 3 is 2.89 bits per heavy atom. The van der Waals surface area contributed by atoms with Crippen molar-refractivity contribution in [3.05, 3.63) is 53.7 Å². The summed E-state index contributed by atoms with van der Waals surface area (Å²) in [7, 11) is 0. The molecule has 3 nitrogen and oxygen atoms in total. The molecule has 19 heavy (non-hydrogen) atoms. The second-order valence-corrected chi connectivity index (χ2v) is 5.24. The van der Waals surface area contributed by atoms with Crippen LogP contribution in [0.1, 0.15) is 18.2 Å². The molecular formula is C16H19N3. The van der Waals surface area contributed by atoms with Gasteiger partial charge in [0.1, 0.15) is 5.82 Å². The molecule has 0 spiro atoms. The highest BCUT2D eigenvalue weighted by atomic mass is 15.2. The molecule has 1 atom stereocenters. The van der Waals surface area contributed by atoms with E-state index < -0.39 is 0 Å². The minimum absolute atomic E-state index is 0.485. The molecule has 3 rings (SSSR count). The number of anilines is 2. The summed E-state index contributed by atoms with van der Waals surface area (Å²) in [5, 5.41) is 0. The topological polar surface area (TPSA) is 42.1 Å². The van der Waals surface area contributed by atoms with Crippen molar-refractivity contribution in [1.29, 1.82) is 0 Å². The van der Waals surface area contributed by atoms with Gasteiger partial charge in [0.25, 0.3) is 0 Å². The summed E-state index contributed by atoms with van der Waals surface area (Å²) >= 11 is 0. The van der Waals surface area contributed by atoms with Gasteiger partial charge in [-0.1, -0.05) is 31.2 Å². The fourth-order valence-corrected chi connectivity index (χ4v) is 2.74. The number of nitrogens with two attached hydrogens (primary N) is 1. The zero-order valence-electron chi connectivity index (χ0n) is 11.2. The number of fused-ring (bicyclic) bond motifs is 1. The number of hydrogen-bond donors (Lipinski definition) is 1. The largest absolute Gasteiger partial charge is 0.326 e. The third-order valence-corrected chi connectivity index (χ3v) is 3.62. The first kappa shape index (κ1) is 12.2. The number of para-hydroxylation sites is 1. The number of aromatic nitrogens is 1. The molecule has 0 bridgehead atoms. The van der Waals surface area contributed by atoms with E-state index in [1.54, 1.807) is 0 Å². The van der Waals surface area contributed by atoms with Crippen molar-refractivity contribution in [1.82, 2.24) is 4.98 Å². The number of pyridine rings is 1. The van der Waals surface area contributed by atoms with E-state index in [1.807, 2.05) is 12.1 Å². The average molecular weight is 253 g/mol. The lowest BCUT2D eigenvalue weighted by molar-refractivity contribution is 0.560. The predicted octanol–water partition coefficient (Wildman–Crippen LogP) is 2.87. The van der Waals surface area contributed by atoms with Gasteiger partial charge < -0.3 is 10.6 Å². The smallest absolute Gasteiger partial charge is 0.133 e. The third kappa shape index (κ3) is 2.34. The Morgan fingerprint density at radius 2 is 2.05 bits per heavy atom. The Balaban J connectivity index is 2.04. The van der Waals surface area contributed by atoms with Crippen molar-refractivity contribution in [2.24, 2.45) is 11.7 Å². The second-order valence-electron chi connectivity index (χ2n) is 5.24. The van der Waals surface area contributed by atoms with E-state index in [2.05, 4.69) is 47.1 Å². The molecule has 1 unspecified atom stereocenters. The van der Waals surface area contributed by atoms with Crippen LogP contribution in [-0.4, -0.2) is 11.5 Å². The minimum Gasteiger partial charge on any atom is -0.326 e. The average Bonchev–Trinajstić information content (AvgIpc) is 2.46. The van der Waals surface area contributed by atoms with Crippen LogP contribution in [-0.2, 0) is 13.0 Å². The molecule has 1 aromatic carbocycles. The number of rotatable bonds is 2. The second kappa shape index (κ2) is 5.02. The molecule has 0 radical (unpaired) electrons. The van der Waals surface area contributed by atoms with Crippen molar-refractivity contribution in [3.8, 4) is 0 Å². The van der Waals surface area contributed by atoms with E-state index in [-0.39, 0.29) is 0 Å². The van der Waals surface area contributed by atoms with E-state index in [0.29, 0.717) is 12.5 Å². The third-order valence-electron chi connectivity index (χ3n) is 3.62. The van der Waals surface area contributed by atoms with Crippen LogP contribution in [0.25, 0.3) is 0 Å². The van der Waals surface area contributed by atoms with Crippen LogP contribution in [0, 0.1) is 5.92 Å². The van der Waals surface area contributed by atoms with Crippen LogP contribution in [0.3, 0.4) is 0 Å². The van der Waals surface area contributed by atoms with E-state index in [1.165, 1.54) is 11.3 Å². The van der Waals surface area contributed by atoms with Gasteiger partial charge >= 0.3 is 0 Å². The molecule has 2 aromatic rings. The van der Waals surface area contributed by atoms with Crippen LogP contribution in [0.2, 0.25) is 0 Å². The Kier molecular flexibility index (Phi) is 3.22. The van der Waals surface area contributed by atoms with E-state index in [9.17, 15) is 0 Å². The standard InChI is InChI=1S/C16H19N3/c1-12-9-13-5-2-3-7-15(13)19(11-12)16-8-4-6-14(10-17)18-16/h2-8,12H,9-11,17H2,1H3. The molecule has 2 N–H and O–H groups in total. The van der Waals surface area contributed by atoms with Crippen molar-refractivity contribution in [3.63, 3.8) is 0 Å². The molecule has 0 aliphatic carbocycles. The zero-order valence-corrected chi connectivity index (χ0v) is 11.2.